The minimum atomic E-state index is -3.69. The molecule has 2 N–H and O–H groups in total. The summed E-state index contributed by atoms with van der Waals surface area (Å²) in [7, 11) is -3.69. The summed E-state index contributed by atoms with van der Waals surface area (Å²) in [5.41, 5.74) is -0.596. The summed E-state index contributed by atoms with van der Waals surface area (Å²) in [6.45, 7) is 3.20. The van der Waals surface area contributed by atoms with E-state index in [9.17, 15) is 23.3 Å². The van der Waals surface area contributed by atoms with Gasteiger partial charge in [0.05, 0.1) is 10.7 Å². The SMILES string of the molecule is CC(C)(CCC(=O)O)NS(=O)(=O)Cc1ccc([N+](=O)[O-])cc1. The molecule has 0 aliphatic carbocycles. The van der Waals surface area contributed by atoms with Crippen LogP contribution in [-0.4, -0.2) is 30.0 Å². The summed E-state index contributed by atoms with van der Waals surface area (Å²) in [6, 6.07) is 5.23. The number of carboxylic acid groups (broad SMARTS) is 1. The Morgan fingerprint density at radius 2 is 1.86 bits per heavy atom. The molecule has 9 heteroatoms. The third-order valence-electron chi connectivity index (χ3n) is 2.90. The summed E-state index contributed by atoms with van der Waals surface area (Å²) in [5, 5.41) is 19.2. The number of hydrogen-bond acceptors (Lipinski definition) is 5. The van der Waals surface area contributed by atoms with Gasteiger partial charge in [0, 0.05) is 24.1 Å². The maximum absolute atomic E-state index is 12.1. The second-order valence-corrected chi connectivity index (χ2v) is 7.28. The standard InChI is InChI=1S/C13H18N2O6S/c1-13(2,8-7-12(16)17)14-22(20,21)9-10-3-5-11(6-4-10)15(18)19/h3-6,14H,7-9H2,1-2H3,(H,16,17). The molecule has 1 rings (SSSR count). The van der Waals surface area contributed by atoms with Gasteiger partial charge in [-0.15, -0.1) is 0 Å². The molecule has 0 unspecified atom stereocenters. The Labute approximate surface area is 128 Å². The molecule has 0 aliphatic rings. The Morgan fingerprint density at radius 1 is 1.32 bits per heavy atom. The molecule has 0 radical (unpaired) electrons. The van der Waals surface area contributed by atoms with Gasteiger partial charge < -0.3 is 5.11 Å². The van der Waals surface area contributed by atoms with Gasteiger partial charge >= 0.3 is 5.97 Å². The van der Waals surface area contributed by atoms with Crippen molar-refractivity contribution in [3.63, 3.8) is 0 Å². The highest BCUT2D eigenvalue weighted by Crippen LogP contribution is 2.17. The molecule has 122 valence electrons. The van der Waals surface area contributed by atoms with Crippen LogP contribution in [-0.2, 0) is 20.6 Å². The molecule has 0 saturated heterocycles. The van der Waals surface area contributed by atoms with Crippen LogP contribution >= 0.6 is 0 Å². The van der Waals surface area contributed by atoms with Crippen LogP contribution in [0.3, 0.4) is 0 Å². The van der Waals surface area contributed by atoms with Crippen molar-refractivity contribution in [1.29, 1.82) is 0 Å². The van der Waals surface area contributed by atoms with Crippen molar-refractivity contribution >= 4 is 21.7 Å². The van der Waals surface area contributed by atoms with Crippen LogP contribution in [0.5, 0.6) is 0 Å². The van der Waals surface area contributed by atoms with Crippen LogP contribution < -0.4 is 4.72 Å². The first-order chi connectivity index (χ1) is 10.0. The molecule has 0 bridgehead atoms. The zero-order valence-corrected chi connectivity index (χ0v) is 13.1. The molecule has 0 saturated carbocycles. The zero-order valence-electron chi connectivity index (χ0n) is 12.3. The zero-order chi connectivity index (χ0) is 17.0. The number of carboxylic acids is 1. The van der Waals surface area contributed by atoms with E-state index in [1.165, 1.54) is 24.3 Å². The third kappa shape index (κ3) is 6.19. The summed E-state index contributed by atoms with van der Waals surface area (Å²) in [5.74, 6) is -1.33. The number of benzene rings is 1. The number of nitro benzene ring substituents is 1. The Balaban J connectivity index is 2.74. The van der Waals surface area contributed by atoms with Crippen molar-refractivity contribution in [2.75, 3.05) is 0 Å². The predicted molar refractivity (Wildman–Crippen MR) is 79.8 cm³/mol. The quantitative estimate of drug-likeness (QED) is 0.551. The van der Waals surface area contributed by atoms with E-state index >= 15 is 0 Å². The minimum Gasteiger partial charge on any atom is -0.481 e. The molecular formula is C13H18N2O6S. The molecule has 0 atom stereocenters. The minimum absolute atomic E-state index is 0.115. The molecular weight excluding hydrogens is 312 g/mol. The van der Waals surface area contributed by atoms with Crippen molar-refractivity contribution in [3.05, 3.63) is 39.9 Å². The van der Waals surface area contributed by atoms with E-state index in [1.54, 1.807) is 13.8 Å². The maximum atomic E-state index is 12.1. The lowest BCUT2D eigenvalue weighted by atomic mass is 10.0. The molecule has 1 aromatic rings. The lowest BCUT2D eigenvalue weighted by Gasteiger charge is -2.25. The molecule has 0 fully saturated rings. The number of sulfonamides is 1. The van der Waals surface area contributed by atoms with Crippen LogP contribution in [0.25, 0.3) is 0 Å². The number of nitrogens with one attached hydrogen (secondary N) is 1. The molecule has 0 aromatic heterocycles. The van der Waals surface area contributed by atoms with Crippen molar-refractivity contribution in [1.82, 2.24) is 4.72 Å². The number of nitrogens with zero attached hydrogens (tertiary/aromatic N) is 1. The number of aliphatic carboxylic acids is 1. The normalized spacial score (nSPS) is 12.1. The van der Waals surface area contributed by atoms with E-state index in [2.05, 4.69) is 4.72 Å². The Morgan fingerprint density at radius 3 is 2.32 bits per heavy atom. The highest BCUT2D eigenvalue weighted by molar-refractivity contribution is 7.88. The average molecular weight is 330 g/mol. The first-order valence-corrected chi connectivity index (χ1v) is 8.13. The van der Waals surface area contributed by atoms with Gasteiger partial charge in [-0.2, -0.15) is 0 Å². The van der Waals surface area contributed by atoms with E-state index in [0.717, 1.165) is 0 Å². The number of nitro groups is 1. The average Bonchev–Trinajstić information content (AvgIpc) is 2.35. The second kappa shape index (κ2) is 6.84. The van der Waals surface area contributed by atoms with Gasteiger partial charge in [-0.1, -0.05) is 12.1 Å². The second-order valence-electron chi connectivity index (χ2n) is 5.56. The van der Waals surface area contributed by atoms with Crippen LogP contribution in [0.1, 0.15) is 32.3 Å². The number of carbonyl (C=O) groups is 1. The first kappa shape index (κ1) is 18.1. The molecule has 8 nitrogen and oxygen atoms in total. The van der Waals surface area contributed by atoms with Gasteiger partial charge in [0.15, 0.2) is 0 Å². The third-order valence-corrected chi connectivity index (χ3v) is 4.48. The topological polar surface area (TPSA) is 127 Å². The van der Waals surface area contributed by atoms with Crippen LogP contribution in [0, 0.1) is 10.1 Å². The highest BCUT2D eigenvalue weighted by Gasteiger charge is 2.25. The molecule has 1 aromatic carbocycles. The lowest BCUT2D eigenvalue weighted by Crippen LogP contribution is -2.44. The van der Waals surface area contributed by atoms with Gasteiger partial charge in [-0.3, -0.25) is 14.9 Å². The fourth-order valence-electron chi connectivity index (χ4n) is 1.86. The number of hydrogen-bond donors (Lipinski definition) is 2. The lowest BCUT2D eigenvalue weighted by molar-refractivity contribution is -0.384. The van der Waals surface area contributed by atoms with E-state index in [-0.39, 0.29) is 24.3 Å². The largest absolute Gasteiger partial charge is 0.481 e. The van der Waals surface area contributed by atoms with E-state index in [1.807, 2.05) is 0 Å². The number of non-ortho nitro benzene ring substituents is 1. The smallest absolute Gasteiger partial charge is 0.303 e. The van der Waals surface area contributed by atoms with Crippen LogP contribution in [0.4, 0.5) is 5.69 Å². The van der Waals surface area contributed by atoms with Crippen molar-refractivity contribution in [3.8, 4) is 0 Å². The van der Waals surface area contributed by atoms with Crippen molar-refractivity contribution < 1.29 is 23.2 Å². The first-order valence-electron chi connectivity index (χ1n) is 6.47. The molecule has 0 aliphatic heterocycles. The van der Waals surface area contributed by atoms with Crippen LogP contribution in [0.15, 0.2) is 24.3 Å². The van der Waals surface area contributed by atoms with Gasteiger partial charge in [0.25, 0.3) is 5.69 Å². The van der Waals surface area contributed by atoms with Gasteiger partial charge in [0.2, 0.25) is 10.0 Å². The summed E-state index contributed by atoms with van der Waals surface area (Å²) >= 11 is 0. The maximum Gasteiger partial charge on any atom is 0.303 e. The van der Waals surface area contributed by atoms with E-state index in [0.29, 0.717) is 5.56 Å². The Kier molecular flexibility index (Phi) is 5.61. The van der Waals surface area contributed by atoms with Crippen molar-refractivity contribution in [2.24, 2.45) is 0 Å². The molecule has 0 amide bonds. The Hall–Kier alpha value is -2.00. The summed E-state index contributed by atoms with van der Waals surface area (Å²) < 4.78 is 26.6. The van der Waals surface area contributed by atoms with Crippen LogP contribution in [0.2, 0.25) is 0 Å². The Bertz CT molecular complexity index is 652. The fourth-order valence-corrected chi connectivity index (χ4v) is 3.51. The highest BCUT2D eigenvalue weighted by atomic mass is 32.2. The van der Waals surface area contributed by atoms with E-state index < -0.39 is 26.5 Å². The monoisotopic (exact) mass is 330 g/mol. The summed E-state index contributed by atoms with van der Waals surface area (Å²) in [4.78, 5) is 20.5. The van der Waals surface area contributed by atoms with Gasteiger partial charge in [-0.05, 0) is 25.8 Å². The predicted octanol–water partition coefficient (Wildman–Crippen LogP) is 1.66. The molecule has 0 heterocycles. The van der Waals surface area contributed by atoms with Gasteiger partial charge in [0.1, 0.15) is 0 Å². The van der Waals surface area contributed by atoms with Crippen molar-refractivity contribution in [2.45, 2.75) is 38.0 Å². The molecule has 0 spiro atoms. The van der Waals surface area contributed by atoms with Gasteiger partial charge in [-0.25, -0.2) is 13.1 Å². The molecule has 22 heavy (non-hydrogen) atoms. The fraction of sp³-hybridized carbons (Fsp3) is 0.462. The summed E-state index contributed by atoms with van der Waals surface area (Å²) in [6.07, 6.45) is 0.00881. The van der Waals surface area contributed by atoms with E-state index in [4.69, 9.17) is 5.11 Å². The number of rotatable bonds is 8.